The van der Waals surface area contributed by atoms with E-state index in [2.05, 4.69) is 5.32 Å². The van der Waals surface area contributed by atoms with Crippen LogP contribution in [0.15, 0.2) is 36.4 Å². The smallest absolute Gasteiger partial charge is 0.219 e. The summed E-state index contributed by atoms with van der Waals surface area (Å²) in [6.07, 6.45) is 0.248. The molecule has 1 amide bonds. The van der Waals surface area contributed by atoms with Gasteiger partial charge in [0.05, 0.1) is 0 Å². The van der Waals surface area contributed by atoms with E-state index in [0.29, 0.717) is 4.99 Å². The molecule has 0 unspecified atom stereocenters. The maximum atomic E-state index is 11.2. The zero-order valence-corrected chi connectivity index (χ0v) is 13.0. The third-order valence-electron chi connectivity index (χ3n) is 3.28. The molecule has 2 aromatic carbocycles. The largest absolute Gasteiger partial charge is 0.389 e. The van der Waals surface area contributed by atoms with Gasteiger partial charge in [-0.2, -0.15) is 0 Å². The number of benzene rings is 2. The molecule has 0 atom stereocenters. The summed E-state index contributed by atoms with van der Waals surface area (Å²) in [6, 6.07) is 11.7. The number of fused-ring (bicyclic) bond motifs is 1. The van der Waals surface area contributed by atoms with Crippen molar-refractivity contribution in [2.45, 2.75) is 25.8 Å². The number of carbonyl (C=O) groups excluding carboxylic acids is 1. The van der Waals surface area contributed by atoms with E-state index in [-0.39, 0.29) is 12.3 Å². The van der Waals surface area contributed by atoms with Gasteiger partial charge < -0.3 is 16.8 Å². The molecule has 5 N–H and O–H groups in total. The van der Waals surface area contributed by atoms with E-state index in [1.54, 1.807) is 0 Å². The van der Waals surface area contributed by atoms with Crippen LogP contribution >= 0.6 is 12.2 Å². The number of thiocarbonyl (C=S) groups is 1. The molecule has 0 spiro atoms. The maximum absolute atomic E-state index is 11.2. The first kappa shape index (κ1) is 15.3. The molecule has 0 bridgehead atoms. The van der Waals surface area contributed by atoms with Gasteiger partial charge in [-0.15, -0.1) is 0 Å². The molecule has 0 aromatic heterocycles. The lowest BCUT2D eigenvalue weighted by atomic mass is 9.97. The molecule has 0 radical (unpaired) electrons. The van der Waals surface area contributed by atoms with Gasteiger partial charge in [-0.05, 0) is 31.4 Å². The SMILES string of the molecule is CC(C)(CC(N)=O)Nc1ccc(C(N)=S)c2ccccc12. The van der Waals surface area contributed by atoms with Gasteiger partial charge in [0, 0.05) is 28.6 Å². The average Bonchev–Trinajstić information content (AvgIpc) is 2.36. The number of carbonyl (C=O) groups is 1. The van der Waals surface area contributed by atoms with Crippen molar-refractivity contribution >= 4 is 39.6 Å². The number of anilines is 1. The minimum absolute atomic E-state index is 0.248. The molecule has 110 valence electrons. The number of primary amides is 1. The van der Waals surface area contributed by atoms with Crippen molar-refractivity contribution in [2.24, 2.45) is 11.5 Å². The first-order valence-corrected chi connectivity index (χ1v) is 7.09. The lowest BCUT2D eigenvalue weighted by Gasteiger charge is -2.27. The summed E-state index contributed by atoms with van der Waals surface area (Å²) in [6.45, 7) is 3.88. The Morgan fingerprint density at radius 1 is 1.14 bits per heavy atom. The van der Waals surface area contributed by atoms with Crippen LogP contribution in [0.2, 0.25) is 0 Å². The first-order chi connectivity index (χ1) is 9.80. The molecule has 0 aliphatic rings. The van der Waals surface area contributed by atoms with Crippen LogP contribution in [-0.2, 0) is 4.79 Å². The van der Waals surface area contributed by atoms with Crippen molar-refractivity contribution in [1.29, 1.82) is 0 Å². The first-order valence-electron chi connectivity index (χ1n) is 6.68. The Balaban J connectivity index is 2.49. The summed E-state index contributed by atoms with van der Waals surface area (Å²) in [5.41, 5.74) is 12.4. The molecule has 5 heteroatoms. The predicted octanol–water partition coefficient (Wildman–Crippen LogP) is 2.54. The van der Waals surface area contributed by atoms with Gasteiger partial charge in [0.1, 0.15) is 4.99 Å². The molecule has 2 aromatic rings. The summed E-state index contributed by atoms with van der Waals surface area (Å²) in [7, 11) is 0. The molecule has 4 nitrogen and oxygen atoms in total. The molecule has 2 rings (SSSR count). The van der Waals surface area contributed by atoms with Crippen molar-refractivity contribution < 1.29 is 4.79 Å². The van der Waals surface area contributed by atoms with Crippen molar-refractivity contribution in [3.8, 4) is 0 Å². The molecular weight excluding hydrogens is 282 g/mol. The molecule has 0 heterocycles. The predicted molar refractivity (Wildman–Crippen MR) is 91.3 cm³/mol. The summed E-state index contributed by atoms with van der Waals surface area (Å²) in [5.74, 6) is -0.337. The monoisotopic (exact) mass is 301 g/mol. The number of nitrogens with one attached hydrogen (secondary N) is 1. The van der Waals surface area contributed by atoms with Crippen LogP contribution in [0, 0.1) is 0 Å². The number of hydrogen-bond donors (Lipinski definition) is 3. The van der Waals surface area contributed by atoms with Gasteiger partial charge in [0.2, 0.25) is 5.91 Å². The van der Waals surface area contributed by atoms with Gasteiger partial charge in [-0.1, -0.05) is 36.5 Å². The van der Waals surface area contributed by atoms with Gasteiger partial charge in [-0.3, -0.25) is 4.79 Å². The van der Waals surface area contributed by atoms with E-state index in [4.69, 9.17) is 23.7 Å². The molecule has 0 saturated carbocycles. The normalized spacial score (nSPS) is 11.3. The fourth-order valence-corrected chi connectivity index (χ4v) is 2.65. The molecule has 0 aliphatic heterocycles. The Kier molecular flexibility index (Phi) is 4.14. The minimum atomic E-state index is -0.431. The summed E-state index contributed by atoms with van der Waals surface area (Å²) >= 11 is 5.10. The van der Waals surface area contributed by atoms with Crippen LogP contribution in [-0.4, -0.2) is 16.4 Å². The fourth-order valence-electron chi connectivity index (χ4n) is 2.47. The maximum Gasteiger partial charge on any atom is 0.219 e. The lowest BCUT2D eigenvalue weighted by molar-refractivity contribution is -0.118. The highest BCUT2D eigenvalue weighted by atomic mass is 32.1. The molecule has 0 fully saturated rings. The van der Waals surface area contributed by atoms with Gasteiger partial charge >= 0.3 is 0 Å². The zero-order chi connectivity index (χ0) is 15.6. The van der Waals surface area contributed by atoms with Gasteiger partial charge in [0.15, 0.2) is 0 Å². The fraction of sp³-hybridized carbons (Fsp3) is 0.250. The highest BCUT2D eigenvalue weighted by Gasteiger charge is 2.21. The Morgan fingerprint density at radius 2 is 1.76 bits per heavy atom. The molecular formula is C16H19N3OS. The number of rotatable bonds is 5. The van der Waals surface area contributed by atoms with Crippen LogP contribution in [0.1, 0.15) is 25.8 Å². The van der Waals surface area contributed by atoms with Crippen LogP contribution < -0.4 is 16.8 Å². The van der Waals surface area contributed by atoms with Crippen molar-refractivity contribution in [2.75, 3.05) is 5.32 Å². The third kappa shape index (κ3) is 3.49. The zero-order valence-electron chi connectivity index (χ0n) is 12.1. The van der Waals surface area contributed by atoms with E-state index in [1.165, 1.54) is 0 Å². The Bertz CT molecular complexity index is 710. The average molecular weight is 301 g/mol. The Labute approximate surface area is 129 Å². The topological polar surface area (TPSA) is 81.1 Å². The second-order valence-electron chi connectivity index (χ2n) is 5.72. The quantitative estimate of drug-likeness (QED) is 0.741. The van der Waals surface area contributed by atoms with E-state index < -0.39 is 5.54 Å². The standard InChI is InChI=1S/C16H19N3OS/c1-16(2,9-14(17)20)19-13-8-7-12(15(18)21)10-5-3-4-6-11(10)13/h3-8,19H,9H2,1-2H3,(H2,17,20)(H2,18,21). The van der Waals surface area contributed by atoms with Crippen molar-refractivity contribution in [1.82, 2.24) is 0 Å². The lowest BCUT2D eigenvalue weighted by Crippen LogP contribution is -2.36. The Hall–Kier alpha value is -2.14. The van der Waals surface area contributed by atoms with Crippen molar-refractivity contribution in [3.63, 3.8) is 0 Å². The van der Waals surface area contributed by atoms with Crippen molar-refractivity contribution in [3.05, 3.63) is 42.0 Å². The second kappa shape index (κ2) is 5.69. The van der Waals surface area contributed by atoms with E-state index >= 15 is 0 Å². The van der Waals surface area contributed by atoms with Gasteiger partial charge in [0.25, 0.3) is 0 Å². The van der Waals surface area contributed by atoms with E-state index in [0.717, 1.165) is 22.0 Å². The van der Waals surface area contributed by atoms with E-state index in [9.17, 15) is 4.79 Å². The number of hydrogen-bond acceptors (Lipinski definition) is 3. The molecule has 0 saturated heterocycles. The van der Waals surface area contributed by atoms with E-state index in [1.807, 2.05) is 50.2 Å². The minimum Gasteiger partial charge on any atom is -0.389 e. The summed E-state index contributed by atoms with van der Waals surface area (Å²) in [5, 5.41) is 5.38. The van der Waals surface area contributed by atoms with Crippen LogP contribution in [0.25, 0.3) is 10.8 Å². The van der Waals surface area contributed by atoms with Crippen LogP contribution in [0.3, 0.4) is 0 Å². The molecule has 0 aliphatic carbocycles. The van der Waals surface area contributed by atoms with Gasteiger partial charge in [-0.25, -0.2) is 0 Å². The van der Waals surface area contributed by atoms with Crippen LogP contribution in [0.4, 0.5) is 5.69 Å². The highest BCUT2D eigenvalue weighted by molar-refractivity contribution is 7.80. The molecule has 21 heavy (non-hydrogen) atoms. The summed E-state index contributed by atoms with van der Waals surface area (Å²) in [4.78, 5) is 11.5. The second-order valence-corrected chi connectivity index (χ2v) is 6.16. The Morgan fingerprint density at radius 3 is 2.33 bits per heavy atom. The highest BCUT2D eigenvalue weighted by Crippen LogP contribution is 2.29. The third-order valence-corrected chi connectivity index (χ3v) is 3.50. The number of nitrogens with two attached hydrogens (primary N) is 2. The number of amides is 1. The van der Waals surface area contributed by atoms with Crippen LogP contribution in [0.5, 0.6) is 0 Å². The summed E-state index contributed by atoms with van der Waals surface area (Å²) < 4.78 is 0.